The van der Waals surface area contributed by atoms with Gasteiger partial charge in [0.25, 0.3) is 0 Å². The van der Waals surface area contributed by atoms with Crippen molar-refractivity contribution >= 4 is 34.7 Å². The van der Waals surface area contributed by atoms with E-state index in [1.165, 1.54) is 19.2 Å². The highest BCUT2D eigenvalue weighted by molar-refractivity contribution is 7.61. The quantitative estimate of drug-likeness (QED) is 0.301. The zero-order valence-electron chi connectivity index (χ0n) is 19.6. The van der Waals surface area contributed by atoms with Gasteiger partial charge in [0.1, 0.15) is 5.82 Å². The fraction of sp³-hybridized carbons (Fsp3) is 0.222. The molecule has 0 amide bonds. The second kappa shape index (κ2) is 8.98. The van der Waals surface area contributed by atoms with Gasteiger partial charge in [0, 0.05) is 54.0 Å². The van der Waals surface area contributed by atoms with Crippen molar-refractivity contribution in [1.29, 1.82) is 0 Å². The highest BCUT2D eigenvalue weighted by Gasteiger charge is 2.29. The summed E-state index contributed by atoms with van der Waals surface area (Å²) in [5, 5.41) is 9.51. The first-order valence-corrected chi connectivity index (χ1v) is 13.4. The predicted octanol–water partition coefficient (Wildman–Crippen LogP) is 5.66. The van der Waals surface area contributed by atoms with E-state index in [1.54, 1.807) is 30.5 Å². The van der Waals surface area contributed by atoms with Crippen LogP contribution in [0.4, 0.5) is 4.39 Å². The molecule has 0 spiro atoms. The fourth-order valence-electron chi connectivity index (χ4n) is 5.20. The number of benzene rings is 3. The van der Waals surface area contributed by atoms with Crippen molar-refractivity contribution in [3.8, 4) is 16.8 Å². The summed E-state index contributed by atoms with van der Waals surface area (Å²) in [6.45, 7) is 1.33. The Balaban J connectivity index is 1.68. The molecule has 0 aliphatic carbocycles. The van der Waals surface area contributed by atoms with Crippen LogP contribution in [0.1, 0.15) is 24.5 Å². The lowest BCUT2D eigenvalue weighted by Crippen LogP contribution is -2.17. The molecule has 36 heavy (non-hydrogen) atoms. The lowest BCUT2D eigenvalue weighted by molar-refractivity contribution is 0.0843. The van der Waals surface area contributed by atoms with Gasteiger partial charge in [0.15, 0.2) is 0 Å². The SMILES string of the molecule is COP(=O)(O)c1ccc(-c2c(C3CCOCC3)n(-c3ccc(F)cc3)c3cc4cn[nH]c4cc23)cc1. The summed E-state index contributed by atoms with van der Waals surface area (Å²) in [5.74, 6) is -0.0762. The molecule has 7 nitrogen and oxygen atoms in total. The molecule has 3 aromatic carbocycles. The van der Waals surface area contributed by atoms with E-state index in [0.29, 0.717) is 13.2 Å². The van der Waals surface area contributed by atoms with Gasteiger partial charge >= 0.3 is 7.60 Å². The van der Waals surface area contributed by atoms with E-state index < -0.39 is 7.60 Å². The van der Waals surface area contributed by atoms with Crippen LogP contribution in [0.2, 0.25) is 0 Å². The zero-order chi connectivity index (χ0) is 24.9. The van der Waals surface area contributed by atoms with Gasteiger partial charge in [0.05, 0.1) is 22.5 Å². The maximum Gasteiger partial charge on any atom is 0.358 e. The van der Waals surface area contributed by atoms with Gasteiger partial charge in [-0.2, -0.15) is 5.10 Å². The zero-order valence-corrected chi connectivity index (χ0v) is 20.5. The van der Waals surface area contributed by atoms with Crippen LogP contribution in [0.25, 0.3) is 38.6 Å². The molecular weight excluding hydrogens is 480 g/mol. The summed E-state index contributed by atoms with van der Waals surface area (Å²) < 4.78 is 39.0. The Morgan fingerprint density at radius 3 is 2.53 bits per heavy atom. The molecule has 1 aliphatic heterocycles. The third-order valence-corrected chi connectivity index (χ3v) is 8.43. The highest BCUT2D eigenvalue weighted by atomic mass is 31.2. The van der Waals surface area contributed by atoms with Gasteiger partial charge in [-0.15, -0.1) is 0 Å². The van der Waals surface area contributed by atoms with Crippen LogP contribution in [-0.4, -0.2) is 40.0 Å². The molecule has 2 N–H and O–H groups in total. The smallest absolute Gasteiger partial charge is 0.358 e. The monoisotopic (exact) mass is 505 g/mol. The van der Waals surface area contributed by atoms with Gasteiger partial charge in [-0.05, 0) is 66.9 Å². The van der Waals surface area contributed by atoms with Gasteiger partial charge < -0.3 is 18.7 Å². The maximum atomic E-state index is 13.9. The number of fused-ring (bicyclic) bond motifs is 2. The number of nitrogens with zero attached hydrogens (tertiary/aromatic N) is 2. The van der Waals surface area contributed by atoms with Crippen LogP contribution in [0.15, 0.2) is 66.9 Å². The Labute approximate surface area is 207 Å². The lowest BCUT2D eigenvalue weighted by Gasteiger charge is -2.26. The molecule has 2 aromatic heterocycles. The molecule has 9 heteroatoms. The molecule has 0 radical (unpaired) electrons. The summed E-state index contributed by atoms with van der Waals surface area (Å²) in [4.78, 5) is 10.1. The molecule has 6 rings (SSSR count). The number of nitrogens with one attached hydrogen (secondary N) is 1. The Hall–Kier alpha value is -3.29. The van der Waals surface area contributed by atoms with Crippen LogP contribution in [-0.2, 0) is 13.8 Å². The lowest BCUT2D eigenvalue weighted by atomic mass is 9.90. The molecular formula is C27H25FN3O4P. The van der Waals surface area contributed by atoms with E-state index in [0.717, 1.165) is 57.2 Å². The summed E-state index contributed by atoms with van der Waals surface area (Å²) in [6.07, 6.45) is 3.51. The molecule has 1 atom stereocenters. The Bertz CT molecular complexity index is 1600. The first-order valence-electron chi connectivity index (χ1n) is 11.8. The second-order valence-electron chi connectivity index (χ2n) is 9.04. The summed E-state index contributed by atoms with van der Waals surface area (Å²) >= 11 is 0. The molecule has 184 valence electrons. The van der Waals surface area contributed by atoms with Crippen molar-refractivity contribution in [2.75, 3.05) is 20.3 Å². The Kier molecular flexibility index (Phi) is 5.77. The van der Waals surface area contributed by atoms with Crippen LogP contribution in [0.5, 0.6) is 0 Å². The third kappa shape index (κ3) is 3.87. The van der Waals surface area contributed by atoms with Crippen LogP contribution in [0.3, 0.4) is 0 Å². The van der Waals surface area contributed by atoms with Crippen molar-refractivity contribution in [1.82, 2.24) is 14.8 Å². The number of rotatable bonds is 5. The number of H-pyrrole nitrogens is 1. The van der Waals surface area contributed by atoms with Crippen LogP contribution >= 0.6 is 7.60 Å². The van der Waals surface area contributed by atoms with Crippen molar-refractivity contribution in [3.63, 3.8) is 0 Å². The van der Waals surface area contributed by atoms with Crippen molar-refractivity contribution in [2.45, 2.75) is 18.8 Å². The highest BCUT2D eigenvalue weighted by Crippen LogP contribution is 2.45. The van der Waals surface area contributed by atoms with Crippen molar-refractivity contribution in [3.05, 3.63) is 78.4 Å². The molecule has 1 aliphatic rings. The predicted molar refractivity (Wildman–Crippen MR) is 138 cm³/mol. The largest absolute Gasteiger partial charge is 0.381 e. The molecule has 1 fully saturated rings. The van der Waals surface area contributed by atoms with E-state index in [2.05, 4.69) is 26.9 Å². The molecule has 3 heterocycles. The molecule has 1 saturated heterocycles. The number of ether oxygens (including phenoxy) is 1. The fourth-order valence-corrected chi connectivity index (χ4v) is 5.93. The van der Waals surface area contributed by atoms with Gasteiger partial charge in [-0.25, -0.2) is 4.39 Å². The standard InChI is InChI=1S/C27H25FN3O4P/c1-34-36(32,33)22-8-2-17(3-9-22)26-23-15-24-19(16-29-30-24)14-25(23)31(21-6-4-20(28)5-7-21)27(26)18-10-12-35-13-11-18/h2-9,14-16,18H,10-13H2,1H3,(H,29,30)(H,32,33). The molecule has 0 bridgehead atoms. The Morgan fingerprint density at radius 1 is 1.11 bits per heavy atom. The maximum absolute atomic E-state index is 13.9. The summed E-state index contributed by atoms with van der Waals surface area (Å²) in [5.41, 5.74) is 5.84. The van der Waals surface area contributed by atoms with Crippen LogP contribution < -0.4 is 5.30 Å². The van der Waals surface area contributed by atoms with Gasteiger partial charge in [0.2, 0.25) is 0 Å². The van der Waals surface area contributed by atoms with E-state index in [-0.39, 0.29) is 17.0 Å². The Morgan fingerprint density at radius 2 is 1.83 bits per heavy atom. The minimum absolute atomic E-state index is 0.213. The number of aromatic amines is 1. The average molecular weight is 505 g/mol. The molecule has 0 saturated carbocycles. The van der Waals surface area contributed by atoms with E-state index in [9.17, 15) is 13.8 Å². The first kappa shape index (κ1) is 23.1. The van der Waals surface area contributed by atoms with Crippen molar-refractivity contribution < 1.29 is 23.1 Å². The molecule has 1 unspecified atom stereocenters. The summed E-state index contributed by atoms with van der Waals surface area (Å²) in [7, 11) is -2.64. The third-order valence-electron chi connectivity index (χ3n) is 6.99. The molecule has 5 aromatic rings. The number of hydrogen-bond acceptors (Lipinski definition) is 4. The van der Waals surface area contributed by atoms with E-state index in [1.807, 2.05) is 12.1 Å². The topological polar surface area (TPSA) is 89.4 Å². The minimum Gasteiger partial charge on any atom is -0.381 e. The van der Waals surface area contributed by atoms with Gasteiger partial charge in [-0.1, -0.05) is 12.1 Å². The minimum atomic E-state index is -3.87. The second-order valence-corrected chi connectivity index (χ2v) is 11.0. The van der Waals surface area contributed by atoms with Gasteiger partial charge in [-0.3, -0.25) is 9.66 Å². The summed E-state index contributed by atoms with van der Waals surface area (Å²) in [6, 6.07) is 17.7. The van der Waals surface area contributed by atoms with Crippen molar-refractivity contribution in [2.24, 2.45) is 0 Å². The van der Waals surface area contributed by atoms with E-state index in [4.69, 9.17) is 9.26 Å². The first-order chi connectivity index (χ1) is 17.5. The number of aromatic nitrogens is 3. The normalized spacial score (nSPS) is 16.5. The van der Waals surface area contributed by atoms with Crippen LogP contribution in [0, 0.1) is 5.82 Å². The number of halogens is 1. The van der Waals surface area contributed by atoms with E-state index >= 15 is 0 Å². The average Bonchev–Trinajstić information content (AvgIpc) is 3.50. The number of hydrogen-bond donors (Lipinski definition) is 2.